The molecule has 1 aliphatic heterocycles. The van der Waals surface area contributed by atoms with Crippen LogP contribution < -0.4 is 0 Å². The molecule has 116 valence electrons. The second-order valence-electron chi connectivity index (χ2n) is 5.16. The predicted octanol–water partition coefficient (Wildman–Crippen LogP) is 3.39. The van der Waals surface area contributed by atoms with E-state index < -0.39 is 12.8 Å². The number of alkyl halides is 3. The fraction of sp³-hybridized carbons (Fsp3) is 0.533. The third kappa shape index (κ3) is 5.04. The molecule has 0 N–H and O–H groups in total. The number of carbonyl (C=O) groups excluding carboxylic acids is 1. The van der Waals surface area contributed by atoms with Crippen molar-refractivity contribution in [3.8, 4) is 0 Å². The van der Waals surface area contributed by atoms with E-state index in [0.29, 0.717) is 11.1 Å². The maximum absolute atomic E-state index is 12.2. The predicted molar refractivity (Wildman–Crippen MR) is 71.9 cm³/mol. The Balaban J connectivity index is 1.87. The SMILES string of the molecule is O=C(c1ccc(COCC(F)(F)F)cc1)N1CCCCC1. The van der Waals surface area contributed by atoms with Gasteiger partial charge in [0, 0.05) is 18.7 Å². The highest BCUT2D eigenvalue weighted by Gasteiger charge is 2.27. The van der Waals surface area contributed by atoms with Gasteiger partial charge >= 0.3 is 6.18 Å². The van der Waals surface area contributed by atoms with Gasteiger partial charge in [0.25, 0.3) is 5.91 Å². The van der Waals surface area contributed by atoms with Gasteiger partial charge in [0.15, 0.2) is 0 Å². The van der Waals surface area contributed by atoms with Gasteiger partial charge in [0.1, 0.15) is 6.61 Å². The van der Waals surface area contributed by atoms with E-state index in [1.54, 1.807) is 24.3 Å². The maximum atomic E-state index is 12.2. The number of carbonyl (C=O) groups is 1. The summed E-state index contributed by atoms with van der Waals surface area (Å²) in [5.74, 6) is -0.0162. The lowest BCUT2D eigenvalue weighted by Crippen LogP contribution is -2.35. The van der Waals surface area contributed by atoms with Gasteiger partial charge in [-0.25, -0.2) is 0 Å². The third-order valence-corrected chi connectivity index (χ3v) is 3.38. The van der Waals surface area contributed by atoms with Crippen LogP contribution in [0, 0.1) is 0 Å². The number of hydrogen-bond acceptors (Lipinski definition) is 2. The van der Waals surface area contributed by atoms with E-state index in [9.17, 15) is 18.0 Å². The minimum Gasteiger partial charge on any atom is -0.367 e. The molecule has 1 amide bonds. The van der Waals surface area contributed by atoms with Crippen molar-refractivity contribution in [2.75, 3.05) is 19.7 Å². The highest BCUT2D eigenvalue weighted by molar-refractivity contribution is 5.94. The van der Waals surface area contributed by atoms with Crippen molar-refractivity contribution >= 4 is 5.91 Å². The summed E-state index contributed by atoms with van der Waals surface area (Å²) in [6, 6.07) is 6.55. The van der Waals surface area contributed by atoms with Crippen LogP contribution in [0.15, 0.2) is 24.3 Å². The zero-order chi connectivity index (χ0) is 15.3. The zero-order valence-corrected chi connectivity index (χ0v) is 11.7. The van der Waals surface area contributed by atoms with E-state index in [-0.39, 0.29) is 12.5 Å². The van der Waals surface area contributed by atoms with E-state index >= 15 is 0 Å². The molecule has 0 aliphatic carbocycles. The first-order chi connectivity index (χ1) is 9.96. The number of nitrogens with zero attached hydrogens (tertiary/aromatic N) is 1. The van der Waals surface area contributed by atoms with Crippen molar-refractivity contribution in [1.29, 1.82) is 0 Å². The number of benzene rings is 1. The lowest BCUT2D eigenvalue weighted by atomic mass is 10.1. The van der Waals surface area contributed by atoms with Gasteiger partial charge in [0.2, 0.25) is 0 Å². The Kier molecular flexibility index (Phi) is 5.22. The topological polar surface area (TPSA) is 29.5 Å². The van der Waals surface area contributed by atoms with Gasteiger partial charge in [0.05, 0.1) is 6.61 Å². The largest absolute Gasteiger partial charge is 0.411 e. The Morgan fingerprint density at radius 2 is 1.71 bits per heavy atom. The summed E-state index contributed by atoms with van der Waals surface area (Å²) in [6.45, 7) is 0.170. The molecule has 0 saturated carbocycles. The first kappa shape index (κ1) is 15.8. The summed E-state index contributed by atoms with van der Waals surface area (Å²) in [7, 11) is 0. The molecule has 0 spiro atoms. The Hall–Kier alpha value is -1.56. The second-order valence-corrected chi connectivity index (χ2v) is 5.16. The van der Waals surface area contributed by atoms with Crippen molar-refractivity contribution < 1.29 is 22.7 Å². The van der Waals surface area contributed by atoms with Crippen LogP contribution in [0.25, 0.3) is 0 Å². The molecule has 1 aliphatic rings. The van der Waals surface area contributed by atoms with Crippen LogP contribution in [0.1, 0.15) is 35.2 Å². The average Bonchev–Trinajstić information content (AvgIpc) is 2.47. The lowest BCUT2D eigenvalue weighted by Gasteiger charge is -2.26. The minimum absolute atomic E-state index is 0.0162. The molecule has 1 fully saturated rings. The quantitative estimate of drug-likeness (QED) is 0.853. The summed E-state index contributed by atoms with van der Waals surface area (Å²) in [5, 5.41) is 0. The summed E-state index contributed by atoms with van der Waals surface area (Å²) in [4.78, 5) is 14.0. The van der Waals surface area contributed by atoms with E-state index in [2.05, 4.69) is 4.74 Å². The Morgan fingerprint density at radius 3 is 2.29 bits per heavy atom. The second kappa shape index (κ2) is 6.93. The average molecular weight is 301 g/mol. The first-order valence-electron chi connectivity index (χ1n) is 6.98. The van der Waals surface area contributed by atoms with Crippen LogP contribution in [0.4, 0.5) is 13.2 Å². The fourth-order valence-corrected chi connectivity index (χ4v) is 2.31. The highest BCUT2D eigenvalue weighted by Crippen LogP contribution is 2.17. The molecular formula is C15H18F3NO2. The van der Waals surface area contributed by atoms with Gasteiger partial charge in [-0.3, -0.25) is 4.79 Å². The molecule has 1 aromatic carbocycles. The molecule has 2 rings (SSSR count). The normalized spacial score (nSPS) is 16.0. The van der Waals surface area contributed by atoms with Crippen molar-refractivity contribution in [3.63, 3.8) is 0 Å². The van der Waals surface area contributed by atoms with Gasteiger partial charge < -0.3 is 9.64 Å². The minimum atomic E-state index is -4.32. The van der Waals surface area contributed by atoms with E-state index in [0.717, 1.165) is 32.4 Å². The number of halogens is 3. The zero-order valence-electron chi connectivity index (χ0n) is 11.7. The third-order valence-electron chi connectivity index (χ3n) is 3.38. The fourth-order valence-electron chi connectivity index (χ4n) is 2.31. The Morgan fingerprint density at radius 1 is 1.10 bits per heavy atom. The molecule has 0 bridgehead atoms. The van der Waals surface area contributed by atoms with E-state index in [1.165, 1.54) is 0 Å². The lowest BCUT2D eigenvalue weighted by molar-refractivity contribution is -0.176. The van der Waals surface area contributed by atoms with Gasteiger partial charge in [-0.2, -0.15) is 13.2 Å². The van der Waals surface area contributed by atoms with Crippen molar-refractivity contribution in [3.05, 3.63) is 35.4 Å². The molecule has 1 heterocycles. The van der Waals surface area contributed by atoms with Crippen LogP contribution in [0.3, 0.4) is 0 Å². The standard InChI is InChI=1S/C15H18F3NO2/c16-15(17,18)11-21-10-12-4-6-13(7-5-12)14(20)19-8-2-1-3-9-19/h4-7H,1-3,8-11H2. The molecule has 0 unspecified atom stereocenters. The van der Waals surface area contributed by atoms with E-state index in [4.69, 9.17) is 0 Å². The molecule has 3 nitrogen and oxygen atoms in total. The van der Waals surface area contributed by atoms with Crippen molar-refractivity contribution in [2.45, 2.75) is 32.0 Å². The number of ether oxygens (including phenoxy) is 1. The number of piperidine rings is 1. The maximum Gasteiger partial charge on any atom is 0.411 e. The van der Waals surface area contributed by atoms with Crippen molar-refractivity contribution in [2.24, 2.45) is 0 Å². The molecular weight excluding hydrogens is 283 g/mol. The van der Waals surface area contributed by atoms with Gasteiger partial charge in [-0.1, -0.05) is 12.1 Å². The van der Waals surface area contributed by atoms with Crippen LogP contribution in [-0.2, 0) is 11.3 Å². The molecule has 0 radical (unpaired) electrons. The highest BCUT2D eigenvalue weighted by atomic mass is 19.4. The molecule has 0 aromatic heterocycles. The van der Waals surface area contributed by atoms with Crippen LogP contribution in [0.5, 0.6) is 0 Å². The summed E-state index contributed by atoms with van der Waals surface area (Å²) in [6.07, 6.45) is -1.12. The smallest absolute Gasteiger partial charge is 0.367 e. The first-order valence-corrected chi connectivity index (χ1v) is 6.98. The summed E-state index contributed by atoms with van der Waals surface area (Å²) < 4.78 is 40.5. The Bertz CT molecular complexity index is 465. The summed E-state index contributed by atoms with van der Waals surface area (Å²) >= 11 is 0. The van der Waals surface area contributed by atoms with Gasteiger partial charge in [-0.05, 0) is 37.0 Å². The summed E-state index contributed by atoms with van der Waals surface area (Å²) in [5.41, 5.74) is 1.19. The number of amides is 1. The number of likely N-dealkylation sites (tertiary alicyclic amines) is 1. The molecule has 1 saturated heterocycles. The van der Waals surface area contributed by atoms with Gasteiger partial charge in [-0.15, -0.1) is 0 Å². The van der Waals surface area contributed by atoms with Crippen LogP contribution in [0.2, 0.25) is 0 Å². The number of hydrogen-bond donors (Lipinski definition) is 0. The molecule has 6 heteroatoms. The molecule has 1 aromatic rings. The van der Waals surface area contributed by atoms with Crippen LogP contribution in [-0.4, -0.2) is 36.7 Å². The van der Waals surface area contributed by atoms with Crippen molar-refractivity contribution in [1.82, 2.24) is 4.90 Å². The number of rotatable bonds is 4. The molecule has 21 heavy (non-hydrogen) atoms. The van der Waals surface area contributed by atoms with Crippen LogP contribution >= 0.6 is 0 Å². The van der Waals surface area contributed by atoms with E-state index in [1.807, 2.05) is 4.90 Å². The molecule has 0 atom stereocenters. The Labute approximate surface area is 121 Å². The monoisotopic (exact) mass is 301 g/mol.